The van der Waals surface area contributed by atoms with Crippen LogP contribution in [0.4, 0.5) is 5.82 Å². The van der Waals surface area contributed by atoms with Crippen molar-refractivity contribution in [2.24, 2.45) is 0 Å². The minimum absolute atomic E-state index is 0.472. The Morgan fingerprint density at radius 1 is 1.35 bits per heavy atom. The summed E-state index contributed by atoms with van der Waals surface area (Å²) in [5.41, 5.74) is 3.67. The van der Waals surface area contributed by atoms with Gasteiger partial charge in [0.1, 0.15) is 0 Å². The lowest BCUT2D eigenvalue weighted by Crippen LogP contribution is -2.30. The van der Waals surface area contributed by atoms with E-state index in [1.807, 2.05) is 18.6 Å². The van der Waals surface area contributed by atoms with E-state index in [1.165, 1.54) is 24.2 Å². The van der Waals surface area contributed by atoms with Gasteiger partial charge in [-0.05, 0) is 31.9 Å². The third-order valence-electron chi connectivity index (χ3n) is 3.86. The van der Waals surface area contributed by atoms with Gasteiger partial charge < -0.3 is 4.90 Å². The van der Waals surface area contributed by atoms with Gasteiger partial charge in [-0.1, -0.05) is 0 Å². The Kier molecular flexibility index (Phi) is 1.68. The minimum Gasteiger partial charge on any atom is -0.346 e. The molecule has 0 aromatic carbocycles. The summed E-state index contributed by atoms with van der Waals surface area (Å²) in [5.74, 6) is 1.11. The molecule has 1 atom stereocenters. The van der Waals surface area contributed by atoms with Crippen LogP contribution in [0.5, 0.6) is 0 Å². The Morgan fingerprint density at radius 3 is 3.24 bits per heavy atom. The number of pyridine rings is 1. The van der Waals surface area contributed by atoms with Crippen molar-refractivity contribution in [2.75, 3.05) is 11.4 Å². The summed E-state index contributed by atoms with van der Waals surface area (Å²) in [7, 11) is 0. The van der Waals surface area contributed by atoms with Gasteiger partial charge in [-0.2, -0.15) is 0 Å². The molecule has 1 unspecified atom stereocenters. The maximum atomic E-state index is 4.55. The zero-order valence-corrected chi connectivity index (χ0v) is 9.80. The van der Waals surface area contributed by atoms with Crippen LogP contribution in [0.3, 0.4) is 0 Å². The van der Waals surface area contributed by atoms with Crippen LogP contribution in [0.1, 0.15) is 30.3 Å². The lowest BCUT2D eigenvalue weighted by Gasteiger charge is -2.33. The third-order valence-corrected chi connectivity index (χ3v) is 3.86. The molecule has 4 rings (SSSR count). The highest BCUT2D eigenvalue weighted by Gasteiger charge is 2.36. The molecule has 0 amide bonds. The maximum Gasteiger partial charge on any atom is 0.153 e. The van der Waals surface area contributed by atoms with Crippen LogP contribution < -0.4 is 4.90 Å². The molecule has 0 N–H and O–H groups in total. The zero-order chi connectivity index (χ0) is 11.4. The van der Waals surface area contributed by atoms with Gasteiger partial charge in [0, 0.05) is 12.7 Å². The van der Waals surface area contributed by atoms with Gasteiger partial charge in [0.2, 0.25) is 0 Å². The van der Waals surface area contributed by atoms with Gasteiger partial charge in [-0.3, -0.25) is 4.57 Å². The Labute approximate surface area is 99.9 Å². The average molecular weight is 226 g/mol. The van der Waals surface area contributed by atoms with E-state index in [0.717, 1.165) is 18.1 Å². The molecule has 2 aliphatic heterocycles. The molecule has 2 aliphatic rings. The van der Waals surface area contributed by atoms with Crippen molar-refractivity contribution in [1.29, 1.82) is 0 Å². The Bertz CT molecular complexity index is 587. The lowest BCUT2D eigenvalue weighted by molar-refractivity contribution is 0.642. The summed E-state index contributed by atoms with van der Waals surface area (Å²) in [5, 5.41) is 0. The van der Waals surface area contributed by atoms with E-state index in [0.29, 0.717) is 6.04 Å². The van der Waals surface area contributed by atoms with Crippen LogP contribution in [0.15, 0.2) is 24.7 Å². The Morgan fingerprint density at radius 2 is 2.29 bits per heavy atom. The number of aryl methyl sites for hydroxylation is 1. The molecule has 4 heterocycles. The van der Waals surface area contributed by atoms with Crippen molar-refractivity contribution >= 4 is 5.82 Å². The summed E-state index contributed by atoms with van der Waals surface area (Å²) < 4.78 is 2.21. The second-order valence-electron chi connectivity index (χ2n) is 4.78. The van der Waals surface area contributed by atoms with Gasteiger partial charge in [-0.15, -0.1) is 0 Å². The van der Waals surface area contributed by atoms with Crippen LogP contribution >= 0.6 is 0 Å². The fourth-order valence-corrected chi connectivity index (χ4v) is 3.14. The normalized spacial score (nSPS) is 21.0. The van der Waals surface area contributed by atoms with Crippen molar-refractivity contribution in [3.05, 3.63) is 36.0 Å². The van der Waals surface area contributed by atoms with Gasteiger partial charge in [0.05, 0.1) is 29.4 Å². The van der Waals surface area contributed by atoms with E-state index in [1.54, 1.807) is 0 Å². The molecule has 0 aliphatic carbocycles. The summed E-state index contributed by atoms with van der Waals surface area (Å²) >= 11 is 0. The number of anilines is 1. The van der Waals surface area contributed by atoms with Crippen molar-refractivity contribution in [1.82, 2.24) is 14.5 Å². The third kappa shape index (κ3) is 1.07. The standard InChI is InChI=1S/C13H14N4/c1-9-12-10-5-3-7-16(10)13-11(4-2-6-14-13)17(12)8-15-9/h2,4,6,8,10H,3,5,7H2,1H3. The molecule has 0 saturated carbocycles. The highest BCUT2D eigenvalue weighted by atomic mass is 15.3. The molecular formula is C13H14N4. The lowest BCUT2D eigenvalue weighted by atomic mass is 10.1. The summed E-state index contributed by atoms with van der Waals surface area (Å²) in [4.78, 5) is 11.4. The minimum atomic E-state index is 0.472. The summed E-state index contributed by atoms with van der Waals surface area (Å²) in [6, 6.07) is 4.59. The fourth-order valence-electron chi connectivity index (χ4n) is 3.14. The number of fused-ring (bicyclic) bond motifs is 6. The van der Waals surface area contributed by atoms with E-state index in [9.17, 15) is 0 Å². The molecule has 2 aromatic rings. The highest BCUT2D eigenvalue weighted by Crippen LogP contribution is 2.43. The monoisotopic (exact) mass is 226 g/mol. The number of aromatic nitrogens is 3. The topological polar surface area (TPSA) is 34.0 Å². The first-order valence-corrected chi connectivity index (χ1v) is 6.12. The predicted molar refractivity (Wildman–Crippen MR) is 65.4 cm³/mol. The van der Waals surface area contributed by atoms with Crippen LogP contribution in [-0.2, 0) is 0 Å². The zero-order valence-electron chi connectivity index (χ0n) is 9.80. The molecule has 2 aromatic heterocycles. The molecule has 4 heteroatoms. The van der Waals surface area contributed by atoms with E-state index >= 15 is 0 Å². The van der Waals surface area contributed by atoms with Crippen LogP contribution in [-0.4, -0.2) is 21.1 Å². The van der Waals surface area contributed by atoms with Gasteiger partial charge >= 0.3 is 0 Å². The Hall–Kier alpha value is -1.84. The van der Waals surface area contributed by atoms with E-state index < -0.39 is 0 Å². The van der Waals surface area contributed by atoms with Gasteiger partial charge in [0.15, 0.2) is 5.82 Å². The molecule has 0 radical (unpaired) electrons. The molecule has 86 valence electrons. The van der Waals surface area contributed by atoms with Crippen LogP contribution in [0.2, 0.25) is 0 Å². The SMILES string of the molecule is Cc1ncn2c1C1CCCN1c1ncccc1-2. The summed E-state index contributed by atoms with van der Waals surface area (Å²) in [6.45, 7) is 3.21. The summed E-state index contributed by atoms with van der Waals surface area (Å²) in [6.07, 6.45) is 6.26. The molecule has 0 spiro atoms. The van der Waals surface area contributed by atoms with Crippen molar-refractivity contribution < 1.29 is 0 Å². The van der Waals surface area contributed by atoms with E-state index in [-0.39, 0.29) is 0 Å². The largest absolute Gasteiger partial charge is 0.346 e. The second kappa shape index (κ2) is 3.09. The molecule has 4 nitrogen and oxygen atoms in total. The van der Waals surface area contributed by atoms with Crippen molar-refractivity contribution in [2.45, 2.75) is 25.8 Å². The first-order valence-electron chi connectivity index (χ1n) is 6.12. The van der Waals surface area contributed by atoms with E-state index in [4.69, 9.17) is 0 Å². The number of hydrogen-bond donors (Lipinski definition) is 0. The first kappa shape index (κ1) is 9.22. The smallest absolute Gasteiger partial charge is 0.153 e. The quantitative estimate of drug-likeness (QED) is 0.690. The maximum absolute atomic E-state index is 4.55. The Balaban J connectivity index is 2.05. The van der Waals surface area contributed by atoms with Crippen LogP contribution in [0, 0.1) is 6.92 Å². The molecular weight excluding hydrogens is 212 g/mol. The first-order chi connectivity index (χ1) is 8.36. The molecule has 1 fully saturated rings. The average Bonchev–Trinajstić information content (AvgIpc) is 2.96. The van der Waals surface area contributed by atoms with Crippen molar-refractivity contribution in [3.63, 3.8) is 0 Å². The number of imidazole rings is 1. The number of rotatable bonds is 0. The molecule has 1 saturated heterocycles. The number of nitrogens with zero attached hydrogens (tertiary/aromatic N) is 4. The highest BCUT2D eigenvalue weighted by molar-refractivity contribution is 5.63. The van der Waals surface area contributed by atoms with E-state index in [2.05, 4.69) is 32.4 Å². The predicted octanol–water partition coefficient (Wildman–Crippen LogP) is 2.23. The van der Waals surface area contributed by atoms with Gasteiger partial charge in [-0.25, -0.2) is 9.97 Å². The van der Waals surface area contributed by atoms with Crippen molar-refractivity contribution in [3.8, 4) is 5.69 Å². The van der Waals surface area contributed by atoms with Crippen LogP contribution in [0.25, 0.3) is 5.69 Å². The molecule has 0 bridgehead atoms. The number of hydrogen-bond acceptors (Lipinski definition) is 3. The second-order valence-corrected chi connectivity index (χ2v) is 4.78. The fraction of sp³-hybridized carbons (Fsp3) is 0.385. The molecule has 17 heavy (non-hydrogen) atoms. The van der Waals surface area contributed by atoms with Gasteiger partial charge in [0.25, 0.3) is 0 Å².